The van der Waals surface area contributed by atoms with Crippen molar-refractivity contribution < 1.29 is 13.2 Å². The van der Waals surface area contributed by atoms with Gasteiger partial charge in [0.05, 0.1) is 6.26 Å². The molecule has 1 amide bonds. The zero-order chi connectivity index (χ0) is 17.6. The number of benzene rings is 1. The maximum Gasteiger partial charge on any atom is 0.226 e. The van der Waals surface area contributed by atoms with Gasteiger partial charge in [0.2, 0.25) is 15.9 Å². The highest BCUT2D eigenvalue weighted by Crippen LogP contribution is 2.22. The lowest BCUT2D eigenvalue weighted by Crippen LogP contribution is -2.44. The first-order valence-electron chi connectivity index (χ1n) is 8.39. The highest BCUT2D eigenvalue weighted by atomic mass is 35.5. The van der Waals surface area contributed by atoms with Crippen LogP contribution >= 0.6 is 12.4 Å². The minimum absolute atomic E-state index is 0. The third-order valence-electron chi connectivity index (χ3n) is 4.43. The van der Waals surface area contributed by atoms with Crippen molar-refractivity contribution in [2.75, 3.05) is 32.4 Å². The van der Waals surface area contributed by atoms with Gasteiger partial charge in [-0.15, -0.1) is 12.4 Å². The maximum absolute atomic E-state index is 12.9. The number of nitrogens with zero attached hydrogens (tertiary/aromatic N) is 2. The molecule has 0 aromatic heterocycles. The van der Waals surface area contributed by atoms with Crippen molar-refractivity contribution >= 4 is 28.3 Å². The van der Waals surface area contributed by atoms with Crippen LogP contribution in [0.5, 0.6) is 0 Å². The number of hydrogen-bond acceptors (Lipinski definition) is 4. The molecule has 0 unspecified atom stereocenters. The molecule has 0 bridgehead atoms. The maximum atomic E-state index is 12.9. The van der Waals surface area contributed by atoms with Gasteiger partial charge in [0, 0.05) is 32.1 Å². The van der Waals surface area contributed by atoms with E-state index in [1.54, 1.807) is 0 Å². The highest BCUT2D eigenvalue weighted by molar-refractivity contribution is 7.88. The molecule has 0 radical (unpaired) electrons. The standard InChI is InChI=1S/C17H27N3O3S.ClH/c1-24(22,23)20-12-8-16(9-13-20)17(21)19(11-5-10-18)14-15-6-3-2-4-7-15;/h2-4,6-7,16H,5,8-14,18H2,1H3;1H. The average Bonchev–Trinajstić information content (AvgIpc) is 2.58. The first-order chi connectivity index (χ1) is 11.4. The molecule has 25 heavy (non-hydrogen) atoms. The Morgan fingerprint density at radius 3 is 2.36 bits per heavy atom. The number of carbonyl (C=O) groups excluding carboxylic acids is 1. The quantitative estimate of drug-likeness (QED) is 0.765. The molecule has 0 saturated carbocycles. The fraction of sp³-hybridized carbons (Fsp3) is 0.588. The third-order valence-corrected chi connectivity index (χ3v) is 5.74. The summed E-state index contributed by atoms with van der Waals surface area (Å²) in [5.74, 6) is 0.00457. The number of piperidine rings is 1. The van der Waals surface area contributed by atoms with E-state index in [1.807, 2.05) is 35.2 Å². The van der Waals surface area contributed by atoms with E-state index in [4.69, 9.17) is 5.73 Å². The molecule has 1 aliphatic heterocycles. The number of carbonyl (C=O) groups is 1. The number of halogens is 1. The summed E-state index contributed by atoms with van der Waals surface area (Å²) in [5.41, 5.74) is 6.70. The molecule has 1 aromatic rings. The van der Waals surface area contributed by atoms with Gasteiger partial charge in [-0.3, -0.25) is 4.79 Å². The lowest BCUT2D eigenvalue weighted by Gasteiger charge is -2.33. The highest BCUT2D eigenvalue weighted by Gasteiger charge is 2.31. The first-order valence-corrected chi connectivity index (χ1v) is 10.2. The van der Waals surface area contributed by atoms with Gasteiger partial charge in [-0.05, 0) is 31.4 Å². The van der Waals surface area contributed by atoms with Gasteiger partial charge in [-0.2, -0.15) is 0 Å². The van der Waals surface area contributed by atoms with Crippen LogP contribution in [-0.2, 0) is 21.4 Å². The summed E-state index contributed by atoms with van der Waals surface area (Å²) >= 11 is 0. The van der Waals surface area contributed by atoms with E-state index in [-0.39, 0.29) is 24.2 Å². The van der Waals surface area contributed by atoms with Crippen LogP contribution < -0.4 is 5.73 Å². The summed E-state index contributed by atoms with van der Waals surface area (Å²) in [4.78, 5) is 14.7. The molecular formula is C17H28ClN3O3S. The summed E-state index contributed by atoms with van der Waals surface area (Å²) in [7, 11) is -3.17. The monoisotopic (exact) mass is 389 g/mol. The van der Waals surface area contributed by atoms with Gasteiger partial charge >= 0.3 is 0 Å². The van der Waals surface area contributed by atoms with Gasteiger partial charge in [-0.25, -0.2) is 12.7 Å². The van der Waals surface area contributed by atoms with Gasteiger partial charge in [0.25, 0.3) is 0 Å². The summed E-state index contributed by atoms with van der Waals surface area (Å²) < 4.78 is 24.6. The molecule has 6 nitrogen and oxygen atoms in total. The Morgan fingerprint density at radius 1 is 1.24 bits per heavy atom. The molecule has 0 aliphatic carbocycles. The van der Waals surface area contributed by atoms with Crippen LogP contribution in [0.25, 0.3) is 0 Å². The van der Waals surface area contributed by atoms with Crippen LogP contribution in [0.4, 0.5) is 0 Å². The Labute approximate surface area is 156 Å². The number of rotatable bonds is 7. The van der Waals surface area contributed by atoms with Gasteiger partial charge in [0.15, 0.2) is 0 Å². The molecule has 0 atom stereocenters. The lowest BCUT2D eigenvalue weighted by atomic mass is 9.96. The van der Waals surface area contributed by atoms with E-state index in [0.29, 0.717) is 45.6 Å². The summed E-state index contributed by atoms with van der Waals surface area (Å²) in [5, 5.41) is 0. The fourth-order valence-corrected chi connectivity index (χ4v) is 3.92. The molecule has 2 rings (SSSR count). The van der Waals surface area contributed by atoms with Crippen molar-refractivity contribution in [3.8, 4) is 0 Å². The van der Waals surface area contributed by atoms with Crippen molar-refractivity contribution in [3.63, 3.8) is 0 Å². The molecule has 0 spiro atoms. The molecular weight excluding hydrogens is 362 g/mol. The smallest absolute Gasteiger partial charge is 0.226 e. The van der Waals surface area contributed by atoms with Crippen LogP contribution in [-0.4, -0.2) is 56.0 Å². The van der Waals surface area contributed by atoms with Crippen molar-refractivity contribution in [3.05, 3.63) is 35.9 Å². The summed E-state index contributed by atoms with van der Waals surface area (Å²) in [6.07, 6.45) is 3.15. The van der Waals surface area contributed by atoms with Crippen LogP contribution in [0.15, 0.2) is 30.3 Å². The second kappa shape index (κ2) is 10.1. The largest absolute Gasteiger partial charge is 0.338 e. The molecule has 2 N–H and O–H groups in total. The number of hydrogen-bond donors (Lipinski definition) is 1. The molecule has 1 fully saturated rings. The predicted molar refractivity (Wildman–Crippen MR) is 102 cm³/mol. The zero-order valence-electron chi connectivity index (χ0n) is 14.6. The predicted octanol–water partition coefficient (Wildman–Crippen LogP) is 1.46. The Balaban J connectivity index is 0.00000312. The van der Waals surface area contributed by atoms with Gasteiger partial charge in [0.1, 0.15) is 0 Å². The number of sulfonamides is 1. The van der Waals surface area contributed by atoms with Crippen LogP contribution in [0, 0.1) is 5.92 Å². The first kappa shape index (κ1) is 21.9. The molecule has 8 heteroatoms. The van der Waals surface area contributed by atoms with Gasteiger partial charge in [-0.1, -0.05) is 30.3 Å². The normalized spacial score (nSPS) is 16.2. The van der Waals surface area contributed by atoms with E-state index in [1.165, 1.54) is 10.6 Å². The van der Waals surface area contributed by atoms with E-state index < -0.39 is 10.0 Å². The van der Waals surface area contributed by atoms with Crippen molar-refractivity contribution in [1.29, 1.82) is 0 Å². The minimum atomic E-state index is -3.17. The minimum Gasteiger partial charge on any atom is -0.338 e. The summed E-state index contributed by atoms with van der Waals surface area (Å²) in [6, 6.07) is 9.90. The van der Waals surface area contributed by atoms with Crippen molar-refractivity contribution in [2.45, 2.75) is 25.8 Å². The zero-order valence-corrected chi connectivity index (χ0v) is 16.3. The second-order valence-electron chi connectivity index (χ2n) is 6.32. The molecule has 1 saturated heterocycles. The Kier molecular flexibility index (Phi) is 8.85. The summed E-state index contributed by atoms with van der Waals surface area (Å²) in [6.45, 7) is 2.60. The Hall–Kier alpha value is -1.15. The van der Waals surface area contributed by atoms with Crippen LogP contribution in [0.2, 0.25) is 0 Å². The van der Waals surface area contributed by atoms with Crippen LogP contribution in [0.3, 0.4) is 0 Å². The lowest BCUT2D eigenvalue weighted by molar-refractivity contribution is -0.137. The molecule has 1 aliphatic rings. The van der Waals surface area contributed by atoms with E-state index in [0.717, 1.165) is 12.0 Å². The SMILES string of the molecule is CS(=O)(=O)N1CCC(C(=O)N(CCCN)Cc2ccccc2)CC1.Cl. The molecule has 1 aromatic carbocycles. The van der Waals surface area contributed by atoms with Crippen LogP contribution in [0.1, 0.15) is 24.8 Å². The topological polar surface area (TPSA) is 83.7 Å². The van der Waals surface area contributed by atoms with Crippen molar-refractivity contribution in [2.24, 2.45) is 11.7 Å². The third kappa shape index (κ3) is 6.58. The van der Waals surface area contributed by atoms with E-state index in [9.17, 15) is 13.2 Å². The average molecular weight is 390 g/mol. The van der Waals surface area contributed by atoms with E-state index in [2.05, 4.69) is 0 Å². The number of nitrogens with two attached hydrogens (primary N) is 1. The van der Waals surface area contributed by atoms with Gasteiger partial charge < -0.3 is 10.6 Å². The second-order valence-corrected chi connectivity index (χ2v) is 8.31. The number of amides is 1. The molecule has 142 valence electrons. The fourth-order valence-electron chi connectivity index (χ4n) is 3.05. The Morgan fingerprint density at radius 2 is 1.84 bits per heavy atom. The van der Waals surface area contributed by atoms with E-state index >= 15 is 0 Å². The van der Waals surface area contributed by atoms with Crippen molar-refractivity contribution in [1.82, 2.24) is 9.21 Å². The molecule has 1 heterocycles. The Bertz CT molecular complexity index is 632.